The maximum atomic E-state index is 12.8. The summed E-state index contributed by atoms with van der Waals surface area (Å²) in [6.45, 7) is 8.73. The van der Waals surface area contributed by atoms with Crippen LogP contribution in [0.25, 0.3) is 16.7 Å². The van der Waals surface area contributed by atoms with Crippen LogP contribution in [0.1, 0.15) is 34.1 Å². The van der Waals surface area contributed by atoms with Crippen molar-refractivity contribution in [1.29, 1.82) is 0 Å². The number of thioether (sulfide) groups is 1. The van der Waals surface area contributed by atoms with Gasteiger partial charge in [-0.3, -0.25) is 18.6 Å². The van der Waals surface area contributed by atoms with Gasteiger partial charge in [0.05, 0.1) is 16.7 Å². The molecule has 0 radical (unpaired) electrons. The summed E-state index contributed by atoms with van der Waals surface area (Å²) in [5.74, 6) is 1.10. The van der Waals surface area contributed by atoms with Gasteiger partial charge in [0.2, 0.25) is 11.7 Å². The number of fused-ring (bicyclic) bond motifs is 3. The Hall–Kier alpha value is -2.35. The number of aromatic nitrogens is 4. The van der Waals surface area contributed by atoms with Crippen molar-refractivity contribution in [2.24, 2.45) is 5.92 Å². The van der Waals surface area contributed by atoms with E-state index in [9.17, 15) is 9.59 Å². The Kier molecular flexibility index (Phi) is 5.84. The van der Waals surface area contributed by atoms with E-state index in [0.29, 0.717) is 28.8 Å². The van der Waals surface area contributed by atoms with Crippen molar-refractivity contribution in [3.8, 4) is 0 Å². The van der Waals surface area contributed by atoms with Gasteiger partial charge in [0, 0.05) is 12.6 Å². The zero-order valence-electron chi connectivity index (χ0n) is 16.1. The van der Waals surface area contributed by atoms with Gasteiger partial charge < -0.3 is 5.32 Å². The molecule has 0 aliphatic carbocycles. The average molecular weight is 388 g/mol. The van der Waals surface area contributed by atoms with E-state index in [1.54, 1.807) is 4.57 Å². The fourth-order valence-electron chi connectivity index (χ4n) is 2.84. The summed E-state index contributed by atoms with van der Waals surface area (Å²) in [4.78, 5) is 25.0. The van der Waals surface area contributed by atoms with Crippen molar-refractivity contribution < 1.29 is 4.79 Å². The van der Waals surface area contributed by atoms with E-state index in [1.165, 1.54) is 11.8 Å². The van der Waals surface area contributed by atoms with Gasteiger partial charge in [0.15, 0.2) is 5.16 Å². The molecule has 0 saturated heterocycles. The zero-order valence-corrected chi connectivity index (χ0v) is 16.9. The highest BCUT2D eigenvalue weighted by atomic mass is 32.2. The van der Waals surface area contributed by atoms with Crippen LogP contribution in [-0.4, -0.2) is 36.9 Å². The van der Waals surface area contributed by atoms with Gasteiger partial charge in [-0.15, -0.1) is 10.2 Å². The first kappa shape index (κ1) is 19.4. The van der Waals surface area contributed by atoms with Gasteiger partial charge in [0.1, 0.15) is 0 Å². The summed E-state index contributed by atoms with van der Waals surface area (Å²) in [6.07, 6.45) is 0.818. The number of carbonyl (C=O) groups excluding carboxylic acids is 1. The minimum Gasteiger partial charge on any atom is -0.353 e. The Morgan fingerprint density at radius 1 is 1.22 bits per heavy atom. The van der Waals surface area contributed by atoms with Crippen molar-refractivity contribution in [2.75, 3.05) is 5.75 Å². The second-order valence-corrected chi connectivity index (χ2v) is 7.92. The summed E-state index contributed by atoms with van der Waals surface area (Å²) >= 11 is 1.33. The highest BCUT2D eigenvalue weighted by molar-refractivity contribution is 7.99. The molecule has 2 heterocycles. The quantitative estimate of drug-likeness (QED) is 0.631. The van der Waals surface area contributed by atoms with Crippen LogP contribution in [0.15, 0.2) is 34.2 Å². The number of amides is 1. The molecule has 1 unspecified atom stereocenters. The molecule has 0 fully saturated rings. The number of hydrogen-bond acceptors (Lipinski definition) is 5. The maximum absolute atomic E-state index is 12.8. The van der Waals surface area contributed by atoms with E-state index in [2.05, 4.69) is 29.4 Å². The molecule has 3 rings (SSSR count). The van der Waals surface area contributed by atoms with Crippen molar-refractivity contribution >= 4 is 34.3 Å². The van der Waals surface area contributed by atoms with Crippen molar-refractivity contribution in [2.45, 2.75) is 51.9 Å². The topological polar surface area (TPSA) is 81.3 Å². The van der Waals surface area contributed by atoms with Gasteiger partial charge in [-0.05, 0) is 31.4 Å². The molecule has 144 valence electrons. The highest BCUT2D eigenvalue weighted by Gasteiger charge is 2.18. The first-order valence-corrected chi connectivity index (χ1v) is 10.2. The van der Waals surface area contributed by atoms with E-state index >= 15 is 0 Å². The van der Waals surface area contributed by atoms with E-state index in [-0.39, 0.29) is 23.3 Å². The number of nitrogens with zero attached hydrogens (tertiary/aromatic N) is 4. The third-order valence-corrected chi connectivity index (χ3v) is 5.58. The smallest absolute Gasteiger partial charge is 0.262 e. The van der Waals surface area contributed by atoms with Crippen LogP contribution >= 0.6 is 11.8 Å². The SMILES string of the molecule is CCCn1c(=O)c2ccccc2n2c(SCC(=O)NC(C)C(C)C)nnc12. The van der Waals surface area contributed by atoms with Crippen LogP contribution in [-0.2, 0) is 11.3 Å². The molecule has 1 amide bonds. The molecular formula is C19H25N5O2S. The molecule has 27 heavy (non-hydrogen) atoms. The van der Waals surface area contributed by atoms with Crippen molar-refractivity contribution in [3.63, 3.8) is 0 Å². The van der Waals surface area contributed by atoms with Gasteiger partial charge in [0.25, 0.3) is 5.56 Å². The van der Waals surface area contributed by atoms with E-state index in [4.69, 9.17) is 0 Å². The molecule has 3 aromatic rings. The zero-order chi connectivity index (χ0) is 19.6. The number of hydrogen-bond donors (Lipinski definition) is 1. The van der Waals surface area contributed by atoms with Crippen LogP contribution in [0, 0.1) is 5.92 Å². The predicted octanol–water partition coefficient (Wildman–Crippen LogP) is 2.71. The van der Waals surface area contributed by atoms with Crippen LogP contribution in [0.3, 0.4) is 0 Å². The van der Waals surface area contributed by atoms with Crippen LogP contribution in [0.2, 0.25) is 0 Å². The molecule has 0 bridgehead atoms. The Morgan fingerprint density at radius 2 is 1.96 bits per heavy atom. The molecular weight excluding hydrogens is 362 g/mol. The molecule has 0 spiro atoms. The lowest BCUT2D eigenvalue weighted by Crippen LogP contribution is -2.37. The Labute approximate surface area is 162 Å². The largest absolute Gasteiger partial charge is 0.353 e. The van der Waals surface area contributed by atoms with E-state index in [1.807, 2.05) is 42.5 Å². The van der Waals surface area contributed by atoms with E-state index in [0.717, 1.165) is 11.9 Å². The summed E-state index contributed by atoms with van der Waals surface area (Å²) in [5, 5.41) is 12.7. The monoisotopic (exact) mass is 387 g/mol. The molecule has 1 N–H and O–H groups in total. The second kappa shape index (κ2) is 8.12. The summed E-state index contributed by atoms with van der Waals surface area (Å²) in [5.41, 5.74) is 0.695. The maximum Gasteiger partial charge on any atom is 0.262 e. The molecule has 8 heteroatoms. The molecule has 1 atom stereocenters. The third-order valence-electron chi connectivity index (χ3n) is 4.65. The number of aryl methyl sites for hydroxylation is 1. The number of carbonyl (C=O) groups is 1. The summed E-state index contributed by atoms with van der Waals surface area (Å²) in [7, 11) is 0. The minimum atomic E-state index is -0.0626. The summed E-state index contributed by atoms with van der Waals surface area (Å²) < 4.78 is 3.52. The van der Waals surface area contributed by atoms with Gasteiger partial charge in [-0.25, -0.2) is 0 Å². The first-order chi connectivity index (χ1) is 12.9. The standard InChI is InChI=1S/C19H25N5O2S/c1-5-10-23-17(26)14-8-6-7-9-15(14)24-18(23)21-22-19(24)27-11-16(25)20-13(4)12(2)3/h6-9,12-13H,5,10-11H2,1-4H3,(H,20,25). The first-order valence-electron chi connectivity index (χ1n) is 9.22. The highest BCUT2D eigenvalue weighted by Crippen LogP contribution is 2.21. The molecule has 1 aromatic carbocycles. The van der Waals surface area contributed by atoms with Crippen molar-refractivity contribution in [3.05, 3.63) is 34.6 Å². The Bertz CT molecular complexity index is 1020. The van der Waals surface area contributed by atoms with Crippen LogP contribution < -0.4 is 10.9 Å². The number of rotatable bonds is 7. The van der Waals surface area contributed by atoms with Gasteiger partial charge >= 0.3 is 0 Å². The second-order valence-electron chi connectivity index (χ2n) is 6.98. The number of para-hydroxylation sites is 1. The lowest BCUT2D eigenvalue weighted by Gasteiger charge is -2.17. The molecule has 0 aliphatic rings. The minimum absolute atomic E-state index is 0.0378. The molecule has 7 nitrogen and oxygen atoms in total. The fourth-order valence-corrected chi connectivity index (χ4v) is 3.60. The molecule has 2 aromatic heterocycles. The lowest BCUT2D eigenvalue weighted by molar-refractivity contribution is -0.119. The Morgan fingerprint density at radius 3 is 2.67 bits per heavy atom. The fraction of sp³-hybridized carbons (Fsp3) is 0.474. The predicted molar refractivity (Wildman–Crippen MR) is 108 cm³/mol. The van der Waals surface area contributed by atoms with E-state index < -0.39 is 0 Å². The van der Waals surface area contributed by atoms with Crippen molar-refractivity contribution in [1.82, 2.24) is 24.5 Å². The van der Waals surface area contributed by atoms with Crippen LogP contribution in [0.4, 0.5) is 0 Å². The third kappa shape index (κ3) is 3.85. The molecule has 0 aliphatic heterocycles. The van der Waals surface area contributed by atoms with Crippen LogP contribution in [0.5, 0.6) is 0 Å². The number of benzene rings is 1. The van der Waals surface area contributed by atoms with Gasteiger partial charge in [-0.2, -0.15) is 0 Å². The Balaban J connectivity index is 1.98. The van der Waals surface area contributed by atoms with Gasteiger partial charge in [-0.1, -0.05) is 44.7 Å². The average Bonchev–Trinajstić information content (AvgIpc) is 3.07. The number of nitrogens with one attached hydrogen (secondary N) is 1. The molecule has 0 saturated carbocycles. The summed E-state index contributed by atoms with van der Waals surface area (Å²) in [6, 6.07) is 7.55. The normalized spacial score (nSPS) is 12.8. The lowest BCUT2D eigenvalue weighted by atomic mass is 10.1.